The first kappa shape index (κ1) is 21.6. The van der Waals surface area contributed by atoms with Crippen molar-refractivity contribution in [3.63, 3.8) is 0 Å². The Morgan fingerprint density at radius 3 is 2.19 bits per heavy atom. The van der Waals surface area contributed by atoms with Gasteiger partial charge in [0.05, 0.1) is 34.5 Å². The molecule has 6 heteroatoms. The molecule has 0 radical (unpaired) electrons. The van der Waals surface area contributed by atoms with Crippen molar-refractivity contribution in [1.29, 1.82) is 0 Å². The van der Waals surface area contributed by atoms with E-state index in [1.807, 2.05) is 30.3 Å². The summed E-state index contributed by atoms with van der Waals surface area (Å²) in [6.45, 7) is 8.15. The van der Waals surface area contributed by atoms with E-state index in [1.54, 1.807) is 32.3 Å². The molecule has 4 rings (SSSR count). The Balaban J connectivity index is 2.05. The number of nitrogens with zero attached hydrogens (tertiary/aromatic N) is 1. The monoisotopic (exact) mass is 433 g/mol. The number of benzene rings is 3. The molecule has 0 aromatic heterocycles. The molecule has 0 N–H and O–H groups in total. The fraction of sp³-hybridized carbons (Fsp3) is 0.269. The topological polar surface area (TPSA) is 57.2 Å². The van der Waals surface area contributed by atoms with Crippen LogP contribution in [0.4, 0.5) is 0 Å². The highest BCUT2D eigenvalue weighted by Crippen LogP contribution is 2.43. The number of methoxy groups -OCH3 is 4. The van der Waals surface area contributed by atoms with E-state index in [0.717, 1.165) is 38.4 Å². The smallest absolute Gasteiger partial charge is 0.289 e. The number of amides is 1. The molecule has 0 aliphatic carbocycles. The summed E-state index contributed by atoms with van der Waals surface area (Å²) >= 11 is 0. The molecule has 0 unspecified atom stereocenters. The van der Waals surface area contributed by atoms with Gasteiger partial charge in [0.2, 0.25) is 0 Å². The van der Waals surface area contributed by atoms with E-state index < -0.39 is 0 Å². The minimum absolute atomic E-state index is 0.110. The molecule has 1 heterocycles. The Hall–Kier alpha value is -3.67. The van der Waals surface area contributed by atoms with Crippen molar-refractivity contribution in [3.05, 3.63) is 66.5 Å². The van der Waals surface area contributed by atoms with Crippen LogP contribution in [0.3, 0.4) is 0 Å². The maximum atomic E-state index is 13.0. The summed E-state index contributed by atoms with van der Waals surface area (Å²) in [5.41, 5.74) is 2.24. The van der Waals surface area contributed by atoms with E-state index in [2.05, 4.69) is 13.2 Å². The molecule has 0 spiro atoms. The number of ether oxygens (including phenoxy) is 4. The average Bonchev–Trinajstić information content (AvgIpc) is 2.85. The number of carbonyl (C=O) groups excluding carboxylic acids is 1. The molecule has 0 saturated carbocycles. The first-order valence-electron chi connectivity index (χ1n) is 10.3. The summed E-state index contributed by atoms with van der Waals surface area (Å²) in [7, 11) is 6.36. The van der Waals surface area contributed by atoms with E-state index in [1.165, 1.54) is 7.11 Å². The summed E-state index contributed by atoms with van der Waals surface area (Å²) < 4.78 is 21.8. The molecule has 3 aromatic rings. The molecular formula is C26H27NO5. The van der Waals surface area contributed by atoms with Crippen molar-refractivity contribution in [2.24, 2.45) is 0 Å². The Morgan fingerprint density at radius 2 is 1.59 bits per heavy atom. The second kappa shape index (κ2) is 8.46. The maximum Gasteiger partial charge on any atom is 0.289 e. The zero-order valence-corrected chi connectivity index (χ0v) is 18.9. The van der Waals surface area contributed by atoms with Gasteiger partial charge in [-0.15, -0.1) is 6.58 Å². The van der Waals surface area contributed by atoms with Gasteiger partial charge in [-0.25, -0.2) is 0 Å². The van der Waals surface area contributed by atoms with E-state index in [9.17, 15) is 4.79 Å². The summed E-state index contributed by atoms with van der Waals surface area (Å²) in [5.74, 6) is 1.95. The summed E-state index contributed by atoms with van der Waals surface area (Å²) in [6.07, 6.45) is 2.42. The molecule has 6 nitrogen and oxygen atoms in total. The van der Waals surface area contributed by atoms with Gasteiger partial charge >= 0.3 is 0 Å². The molecule has 32 heavy (non-hydrogen) atoms. The predicted molar refractivity (Wildman–Crippen MR) is 125 cm³/mol. The zero-order valence-electron chi connectivity index (χ0n) is 18.9. The van der Waals surface area contributed by atoms with Gasteiger partial charge in [0, 0.05) is 6.54 Å². The van der Waals surface area contributed by atoms with E-state index in [0.29, 0.717) is 24.5 Å². The zero-order chi connectivity index (χ0) is 23.0. The van der Waals surface area contributed by atoms with Gasteiger partial charge in [-0.1, -0.05) is 18.7 Å². The first-order chi connectivity index (χ1) is 15.5. The predicted octanol–water partition coefficient (Wildman–Crippen LogP) is 4.62. The second-order valence-electron chi connectivity index (χ2n) is 7.69. The quantitative estimate of drug-likeness (QED) is 0.246. The molecular weight excluding hydrogens is 406 g/mol. The third-order valence-corrected chi connectivity index (χ3v) is 6.22. The molecule has 0 fully saturated rings. The van der Waals surface area contributed by atoms with Gasteiger partial charge < -0.3 is 23.8 Å². The van der Waals surface area contributed by atoms with Crippen molar-refractivity contribution < 1.29 is 23.7 Å². The minimum atomic E-state index is -0.239. The van der Waals surface area contributed by atoms with E-state index in [4.69, 9.17) is 18.9 Å². The Labute approximate surface area is 187 Å². The second-order valence-corrected chi connectivity index (χ2v) is 7.69. The number of fused-ring (bicyclic) bond motifs is 6. The van der Waals surface area contributed by atoms with Gasteiger partial charge in [-0.3, -0.25) is 4.79 Å². The van der Waals surface area contributed by atoms with Gasteiger partial charge in [-0.05, 0) is 63.4 Å². The Kier molecular flexibility index (Phi) is 5.70. The van der Waals surface area contributed by atoms with Crippen LogP contribution in [0.1, 0.15) is 11.1 Å². The summed E-state index contributed by atoms with van der Waals surface area (Å²) in [5, 5.41) is 4.18. The highest BCUT2D eigenvalue weighted by atomic mass is 16.5. The molecule has 3 aromatic carbocycles. The number of rotatable bonds is 6. The van der Waals surface area contributed by atoms with Crippen LogP contribution in [0.15, 0.2) is 55.3 Å². The lowest BCUT2D eigenvalue weighted by Gasteiger charge is -2.37. The lowest BCUT2D eigenvalue weighted by atomic mass is 9.84. The highest BCUT2D eigenvalue weighted by molar-refractivity contribution is 6.12. The number of hydrogen-bond donors (Lipinski definition) is 0. The van der Waals surface area contributed by atoms with Crippen molar-refractivity contribution in [2.45, 2.75) is 19.0 Å². The van der Waals surface area contributed by atoms with E-state index >= 15 is 0 Å². The van der Waals surface area contributed by atoms with Crippen LogP contribution in [0.25, 0.3) is 21.5 Å². The Bertz CT molecular complexity index is 1250. The molecule has 0 bridgehead atoms. The third-order valence-electron chi connectivity index (χ3n) is 6.22. The van der Waals surface area contributed by atoms with Crippen molar-refractivity contribution in [3.8, 4) is 17.2 Å². The van der Waals surface area contributed by atoms with Crippen LogP contribution in [0.2, 0.25) is 0 Å². The Morgan fingerprint density at radius 1 is 0.938 bits per heavy atom. The molecule has 1 atom stereocenters. The van der Waals surface area contributed by atoms with Crippen molar-refractivity contribution in [1.82, 2.24) is 4.90 Å². The lowest BCUT2D eigenvalue weighted by Crippen LogP contribution is -2.44. The molecule has 1 aliphatic heterocycles. The van der Waals surface area contributed by atoms with Crippen LogP contribution in [-0.4, -0.2) is 45.3 Å². The van der Waals surface area contributed by atoms with E-state index in [-0.39, 0.29) is 17.7 Å². The van der Waals surface area contributed by atoms with Crippen LogP contribution in [-0.2, 0) is 22.5 Å². The lowest BCUT2D eigenvalue weighted by molar-refractivity contribution is -0.132. The van der Waals surface area contributed by atoms with Gasteiger partial charge in [0.25, 0.3) is 5.91 Å². The fourth-order valence-electron chi connectivity index (χ4n) is 4.51. The number of carbonyl (C=O) groups is 1. The first-order valence-corrected chi connectivity index (χ1v) is 10.3. The highest BCUT2D eigenvalue weighted by Gasteiger charge is 2.32. The molecule has 1 amide bonds. The van der Waals surface area contributed by atoms with Gasteiger partial charge in [-0.2, -0.15) is 0 Å². The molecule has 0 saturated heterocycles. The van der Waals surface area contributed by atoms with Gasteiger partial charge in [0.1, 0.15) is 5.75 Å². The molecule has 1 aliphatic rings. The minimum Gasteiger partial charge on any atom is -0.497 e. The van der Waals surface area contributed by atoms with Crippen LogP contribution in [0.5, 0.6) is 17.2 Å². The van der Waals surface area contributed by atoms with Crippen LogP contribution in [0, 0.1) is 0 Å². The van der Waals surface area contributed by atoms with Crippen LogP contribution >= 0.6 is 0 Å². The standard InChI is InChI=1S/C26H27NO5/c1-7-16-10-19-21-12-24(31-5)25(32-6)13-22(21)20-11-17(30-4)8-9-18(20)23(19)14-27(16)26(28)15(2)29-3/h7-9,11-13,16H,1-2,10,14H2,3-6H3/t16-/m1/s1. The normalized spacial score (nSPS) is 15.2. The molecule has 166 valence electrons. The van der Waals surface area contributed by atoms with Gasteiger partial charge in [0.15, 0.2) is 17.3 Å². The third kappa shape index (κ3) is 3.32. The summed E-state index contributed by atoms with van der Waals surface area (Å²) in [6, 6.07) is 9.83. The average molecular weight is 434 g/mol. The largest absolute Gasteiger partial charge is 0.497 e. The summed E-state index contributed by atoms with van der Waals surface area (Å²) in [4.78, 5) is 14.8. The van der Waals surface area contributed by atoms with Crippen molar-refractivity contribution >= 4 is 27.5 Å². The SMILES string of the molecule is C=C[C@@H]1Cc2c(c3ccc(OC)cc3c3cc(OC)c(OC)cc23)CN1C(=O)C(=C)OC. The van der Waals surface area contributed by atoms with Crippen LogP contribution < -0.4 is 14.2 Å². The van der Waals surface area contributed by atoms with Crippen molar-refractivity contribution in [2.75, 3.05) is 28.4 Å². The maximum absolute atomic E-state index is 13.0. The number of hydrogen-bond acceptors (Lipinski definition) is 5. The fourth-order valence-corrected chi connectivity index (χ4v) is 4.51.